The van der Waals surface area contributed by atoms with E-state index >= 15 is 0 Å². The van der Waals surface area contributed by atoms with Crippen LogP contribution >= 0.6 is 0 Å². The summed E-state index contributed by atoms with van der Waals surface area (Å²) >= 11 is 0. The van der Waals surface area contributed by atoms with E-state index in [1.807, 2.05) is 0 Å². The maximum Gasteiger partial charge on any atom is 0.422 e. The summed E-state index contributed by atoms with van der Waals surface area (Å²) in [5.74, 6) is 2.08. The van der Waals surface area contributed by atoms with Crippen LogP contribution in [0.3, 0.4) is 0 Å². The monoisotopic (exact) mass is 455 g/mol. The molecule has 10 heteroatoms. The van der Waals surface area contributed by atoms with Crippen molar-refractivity contribution in [1.29, 1.82) is 0 Å². The van der Waals surface area contributed by atoms with E-state index in [2.05, 4.69) is 20.6 Å². The van der Waals surface area contributed by atoms with Crippen LogP contribution in [0.2, 0.25) is 0 Å². The Kier molecular flexibility index (Phi) is 6.09. The van der Waals surface area contributed by atoms with Gasteiger partial charge in [-0.3, -0.25) is 9.69 Å². The Balaban J connectivity index is 1.29. The molecular formula is C22H32F3N5O2. The molecule has 4 saturated carbocycles. The van der Waals surface area contributed by atoms with Gasteiger partial charge >= 0.3 is 6.18 Å². The lowest BCUT2D eigenvalue weighted by Gasteiger charge is -2.54. The fourth-order valence-electron chi connectivity index (χ4n) is 6.55. The van der Waals surface area contributed by atoms with Gasteiger partial charge in [0, 0.05) is 38.8 Å². The summed E-state index contributed by atoms with van der Waals surface area (Å²) in [6.45, 7) is 3.09. The van der Waals surface area contributed by atoms with Gasteiger partial charge in [-0.2, -0.15) is 18.3 Å². The molecule has 0 unspecified atom stereocenters. The Labute approximate surface area is 186 Å². The first-order valence-corrected chi connectivity index (χ1v) is 11.8. The number of aromatic nitrogens is 2. The van der Waals surface area contributed by atoms with Crippen molar-refractivity contribution in [1.82, 2.24) is 25.3 Å². The molecule has 1 saturated heterocycles. The minimum Gasteiger partial charge on any atom is -0.468 e. The smallest absolute Gasteiger partial charge is 0.422 e. The number of hydrogen-bond donors (Lipinski definition) is 2. The van der Waals surface area contributed by atoms with Crippen LogP contribution < -0.4 is 15.4 Å². The van der Waals surface area contributed by atoms with E-state index in [-0.39, 0.29) is 23.4 Å². The topological polar surface area (TPSA) is 71.4 Å². The fourth-order valence-corrected chi connectivity index (χ4v) is 6.55. The molecule has 178 valence electrons. The second-order valence-electron chi connectivity index (χ2n) is 10.0. The van der Waals surface area contributed by atoms with Gasteiger partial charge < -0.3 is 15.4 Å². The van der Waals surface area contributed by atoms with Crippen molar-refractivity contribution in [2.75, 3.05) is 39.3 Å². The van der Waals surface area contributed by atoms with Crippen LogP contribution in [0.15, 0.2) is 6.20 Å². The van der Waals surface area contributed by atoms with Crippen molar-refractivity contribution in [2.24, 2.45) is 23.7 Å². The molecule has 5 fully saturated rings. The van der Waals surface area contributed by atoms with E-state index in [0.29, 0.717) is 24.9 Å². The summed E-state index contributed by atoms with van der Waals surface area (Å²) in [7, 11) is 0. The fraction of sp³-hybridized carbons (Fsp3) is 0.818. The third-order valence-electron chi connectivity index (χ3n) is 7.77. The zero-order valence-corrected chi connectivity index (χ0v) is 18.2. The summed E-state index contributed by atoms with van der Waals surface area (Å²) in [5.41, 5.74) is 0.100. The number of carbonyl (C=O) groups excluding carboxylic acids is 1. The van der Waals surface area contributed by atoms with Crippen LogP contribution in [0.1, 0.15) is 42.5 Å². The van der Waals surface area contributed by atoms with Crippen molar-refractivity contribution >= 4 is 5.91 Å². The van der Waals surface area contributed by atoms with Crippen molar-refractivity contribution in [3.63, 3.8) is 0 Å². The predicted octanol–water partition coefficient (Wildman–Crippen LogP) is 2.28. The van der Waals surface area contributed by atoms with Gasteiger partial charge in [-0.15, -0.1) is 0 Å². The minimum atomic E-state index is -4.48. The SMILES string of the molecule is O=C(NC1C2CC3CC(C2)CC1C3)c1cnn(CCN2CCNCC2)c1OCC(F)(F)F. The Morgan fingerprint density at radius 2 is 1.75 bits per heavy atom. The van der Waals surface area contributed by atoms with E-state index in [9.17, 15) is 18.0 Å². The first kappa shape index (κ1) is 22.0. The van der Waals surface area contributed by atoms with Gasteiger partial charge in [0.05, 0.1) is 12.7 Å². The number of hydrogen-bond acceptors (Lipinski definition) is 5. The quantitative estimate of drug-likeness (QED) is 0.660. The first-order chi connectivity index (χ1) is 15.4. The Bertz CT molecular complexity index is 793. The zero-order chi connectivity index (χ0) is 22.3. The highest BCUT2D eigenvalue weighted by molar-refractivity contribution is 5.96. The summed E-state index contributed by atoms with van der Waals surface area (Å²) in [6, 6.07) is 0.106. The standard InChI is InChI=1S/C22H32F3N5O2/c23-22(24,25)13-32-21-18(12-27-30(21)6-5-29-3-1-26-2-4-29)20(31)28-19-16-8-14-7-15(10-16)11-17(19)9-14/h12,14-17,19,26H,1-11,13H2,(H,28,31). The lowest BCUT2D eigenvalue weighted by molar-refractivity contribution is -0.154. The van der Waals surface area contributed by atoms with Crippen LogP contribution in [-0.4, -0.2) is 72.1 Å². The molecule has 5 aliphatic rings. The molecule has 0 spiro atoms. The highest BCUT2D eigenvalue weighted by Gasteiger charge is 2.48. The molecule has 0 atom stereocenters. The van der Waals surface area contributed by atoms with Gasteiger partial charge in [0.2, 0.25) is 5.88 Å². The lowest BCUT2D eigenvalue weighted by atomic mass is 9.54. The Morgan fingerprint density at radius 1 is 1.09 bits per heavy atom. The molecule has 1 aliphatic heterocycles. The van der Waals surface area contributed by atoms with Gasteiger partial charge in [-0.05, 0) is 55.8 Å². The largest absolute Gasteiger partial charge is 0.468 e. The van der Waals surface area contributed by atoms with E-state index in [1.165, 1.54) is 17.3 Å². The highest BCUT2D eigenvalue weighted by atomic mass is 19.4. The predicted molar refractivity (Wildman–Crippen MR) is 111 cm³/mol. The van der Waals surface area contributed by atoms with Crippen LogP contribution in [-0.2, 0) is 6.54 Å². The van der Waals surface area contributed by atoms with E-state index in [0.717, 1.165) is 63.7 Å². The summed E-state index contributed by atoms with van der Waals surface area (Å²) in [5, 5.41) is 10.7. The molecule has 32 heavy (non-hydrogen) atoms. The van der Waals surface area contributed by atoms with E-state index in [4.69, 9.17) is 4.74 Å². The van der Waals surface area contributed by atoms with E-state index in [1.54, 1.807) is 0 Å². The van der Waals surface area contributed by atoms with E-state index < -0.39 is 12.8 Å². The highest BCUT2D eigenvalue weighted by Crippen LogP contribution is 2.53. The summed E-state index contributed by atoms with van der Waals surface area (Å²) < 4.78 is 45.2. The molecule has 1 aromatic rings. The molecule has 0 aromatic carbocycles. The number of ether oxygens (including phenoxy) is 1. The van der Waals surface area contributed by atoms with Crippen LogP contribution in [0.25, 0.3) is 0 Å². The maximum absolute atomic E-state index is 13.2. The van der Waals surface area contributed by atoms with Gasteiger partial charge in [-0.25, -0.2) is 4.68 Å². The molecule has 4 aliphatic carbocycles. The normalized spacial score (nSPS) is 32.3. The zero-order valence-electron chi connectivity index (χ0n) is 18.2. The van der Waals surface area contributed by atoms with Crippen LogP contribution in [0, 0.1) is 23.7 Å². The summed E-state index contributed by atoms with van der Waals surface area (Å²) in [4.78, 5) is 15.4. The summed E-state index contributed by atoms with van der Waals surface area (Å²) in [6.07, 6.45) is 2.80. The van der Waals surface area contributed by atoms with Gasteiger partial charge in [0.25, 0.3) is 5.91 Å². The number of halogens is 3. The second kappa shape index (κ2) is 8.85. The molecule has 0 radical (unpaired) electrons. The Hall–Kier alpha value is -1.81. The van der Waals surface area contributed by atoms with Gasteiger partial charge in [-0.1, -0.05) is 0 Å². The number of amides is 1. The second-order valence-corrected chi connectivity index (χ2v) is 10.0. The van der Waals surface area contributed by atoms with Crippen molar-refractivity contribution in [2.45, 2.75) is 50.9 Å². The average Bonchev–Trinajstić information content (AvgIpc) is 3.16. The van der Waals surface area contributed by atoms with Gasteiger partial charge in [0.15, 0.2) is 6.61 Å². The molecule has 7 nitrogen and oxygen atoms in total. The third kappa shape index (κ3) is 4.76. The molecule has 4 bridgehead atoms. The molecule has 1 aromatic heterocycles. The van der Waals surface area contributed by atoms with Crippen molar-refractivity contribution < 1.29 is 22.7 Å². The average molecular weight is 456 g/mol. The lowest BCUT2D eigenvalue weighted by Crippen LogP contribution is -2.55. The maximum atomic E-state index is 13.2. The minimum absolute atomic E-state index is 0.0845. The third-order valence-corrected chi connectivity index (χ3v) is 7.77. The number of nitrogens with zero attached hydrogens (tertiary/aromatic N) is 3. The number of piperazine rings is 1. The number of rotatable bonds is 7. The first-order valence-electron chi connectivity index (χ1n) is 11.8. The molecular weight excluding hydrogens is 423 g/mol. The number of carbonyl (C=O) groups is 1. The van der Waals surface area contributed by atoms with Crippen LogP contribution in [0.4, 0.5) is 13.2 Å². The molecule has 6 rings (SSSR count). The van der Waals surface area contributed by atoms with Crippen molar-refractivity contribution in [3.05, 3.63) is 11.8 Å². The molecule has 2 N–H and O–H groups in total. The molecule has 1 amide bonds. The Morgan fingerprint density at radius 3 is 2.38 bits per heavy atom. The number of alkyl halides is 3. The molecule has 2 heterocycles. The van der Waals surface area contributed by atoms with Crippen molar-refractivity contribution in [3.8, 4) is 5.88 Å². The van der Waals surface area contributed by atoms with Gasteiger partial charge in [0.1, 0.15) is 5.56 Å². The number of nitrogens with one attached hydrogen (secondary N) is 2. The van der Waals surface area contributed by atoms with Crippen LogP contribution in [0.5, 0.6) is 5.88 Å².